The molecule has 0 radical (unpaired) electrons. The third kappa shape index (κ3) is 2.57. The highest BCUT2D eigenvalue weighted by Gasteiger charge is 1.88. The Morgan fingerprint density at radius 1 is 0.867 bits per heavy atom. The number of fused-ring (bicyclic) bond motifs is 1. The van der Waals surface area contributed by atoms with Crippen LogP contribution in [0.2, 0.25) is 0 Å². The van der Waals surface area contributed by atoms with Crippen LogP contribution in [0.5, 0.6) is 0 Å². The van der Waals surface area contributed by atoms with Gasteiger partial charge in [0, 0.05) is 17.7 Å². The van der Waals surface area contributed by atoms with Crippen molar-refractivity contribution < 1.29 is 4.52 Å². The summed E-state index contributed by atoms with van der Waals surface area (Å²) in [6.07, 6.45) is 6.41. The van der Waals surface area contributed by atoms with Crippen LogP contribution in [0, 0.1) is 0 Å². The van der Waals surface area contributed by atoms with Crippen molar-refractivity contribution in [3.05, 3.63) is 49.1 Å². The van der Waals surface area contributed by atoms with E-state index in [-0.39, 0.29) is 0 Å². The lowest BCUT2D eigenvalue weighted by atomic mass is 10.3. The van der Waals surface area contributed by atoms with Gasteiger partial charge in [0.25, 0.3) is 0 Å². The van der Waals surface area contributed by atoms with Crippen molar-refractivity contribution >= 4 is 11.0 Å². The summed E-state index contributed by atoms with van der Waals surface area (Å²) >= 11 is 0. The van der Waals surface area contributed by atoms with Crippen LogP contribution in [0.15, 0.2) is 53.6 Å². The molecule has 3 aromatic heterocycles. The molecule has 5 nitrogen and oxygen atoms in total. The Bertz CT molecular complexity index is 427. The van der Waals surface area contributed by atoms with E-state index >= 15 is 0 Å². The quantitative estimate of drug-likeness (QED) is 0.552. The molecule has 0 atom stereocenters. The number of aromatic nitrogens is 4. The second-order valence-corrected chi connectivity index (χ2v) is 2.63. The van der Waals surface area contributed by atoms with Crippen molar-refractivity contribution in [3.8, 4) is 0 Å². The molecule has 0 unspecified atom stereocenters. The Balaban J connectivity index is 0.000000144. The van der Waals surface area contributed by atoms with Crippen molar-refractivity contribution in [2.75, 3.05) is 0 Å². The lowest BCUT2D eigenvalue weighted by molar-refractivity contribution is 0.393. The first kappa shape index (κ1) is 9.26. The zero-order valence-electron chi connectivity index (χ0n) is 7.82. The molecule has 0 fully saturated rings. The molecule has 15 heavy (non-hydrogen) atoms. The third-order valence-electron chi connectivity index (χ3n) is 1.65. The van der Waals surface area contributed by atoms with Crippen LogP contribution < -0.4 is 0 Å². The van der Waals surface area contributed by atoms with Crippen LogP contribution in [-0.2, 0) is 0 Å². The van der Waals surface area contributed by atoms with Crippen molar-refractivity contribution in [1.82, 2.24) is 20.3 Å². The predicted molar refractivity (Wildman–Crippen MR) is 53.8 cm³/mol. The van der Waals surface area contributed by atoms with E-state index in [2.05, 4.69) is 24.9 Å². The predicted octanol–water partition coefficient (Wildman–Crippen LogP) is 1.70. The second kappa shape index (κ2) is 4.80. The fourth-order valence-electron chi connectivity index (χ4n) is 1.04. The summed E-state index contributed by atoms with van der Waals surface area (Å²) in [6, 6.07) is 7.66. The minimum Gasteiger partial charge on any atom is -0.346 e. The number of pyridine rings is 2. The van der Waals surface area contributed by atoms with Gasteiger partial charge in [-0.3, -0.25) is 9.97 Å². The molecule has 0 aliphatic carbocycles. The van der Waals surface area contributed by atoms with Crippen molar-refractivity contribution in [1.29, 1.82) is 0 Å². The molecule has 0 bridgehead atoms. The van der Waals surface area contributed by atoms with Gasteiger partial charge in [-0.1, -0.05) is 0 Å². The smallest absolute Gasteiger partial charge is 0.144 e. The fourth-order valence-corrected chi connectivity index (χ4v) is 1.04. The molecule has 0 aliphatic heterocycles. The minimum absolute atomic E-state index is 0.949. The van der Waals surface area contributed by atoms with E-state index in [1.54, 1.807) is 12.4 Å². The number of hydrogen-bond donors (Lipinski definition) is 0. The van der Waals surface area contributed by atoms with Gasteiger partial charge in [-0.2, -0.15) is 0 Å². The molecule has 5 heteroatoms. The van der Waals surface area contributed by atoms with Crippen LogP contribution in [0.25, 0.3) is 11.0 Å². The monoisotopic (exact) mass is 200 g/mol. The van der Waals surface area contributed by atoms with Gasteiger partial charge in [0.05, 0.1) is 17.2 Å². The maximum absolute atomic E-state index is 4.22. The highest BCUT2D eigenvalue weighted by molar-refractivity contribution is 5.72. The maximum atomic E-state index is 4.22. The first-order valence-corrected chi connectivity index (χ1v) is 4.33. The molecule has 0 saturated heterocycles. The van der Waals surface area contributed by atoms with E-state index in [9.17, 15) is 0 Å². The van der Waals surface area contributed by atoms with Gasteiger partial charge >= 0.3 is 0 Å². The number of rotatable bonds is 0. The van der Waals surface area contributed by atoms with Gasteiger partial charge in [-0.15, -0.1) is 5.10 Å². The van der Waals surface area contributed by atoms with Gasteiger partial charge in [-0.05, 0) is 24.3 Å². The summed E-state index contributed by atoms with van der Waals surface area (Å²) in [5, 5.41) is 6.40. The van der Waals surface area contributed by atoms with E-state index in [0.29, 0.717) is 0 Å². The summed E-state index contributed by atoms with van der Waals surface area (Å²) < 4.78 is 4.22. The van der Waals surface area contributed by atoms with E-state index in [4.69, 9.17) is 0 Å². The van der Waals surface area contributed by atoms with Gasteiger partial charge in [-0.25, -0.2) is 0 Å². The molecule has 74 valence electrons. The average molecular weight is 200 g/mol. The lowest BCUT2D eigenvalue weighted by Crippen LogP contribution is -1.78. The SMILES string of the molecule is c1cnc2cccnc2c1.c1conn1. The molecule has 0 amide bonds. The Hall–Kier alpha value is -2.30. The first-order chi connectivity index (χ1) is 7.47. The molecule has 0 aromatic carbocycles. The summed E-state index contributed by atoms with van der Waals surface area (Å²) in [4.78, 5) is 8.24. The van der Waals surface area contributed by atoms with Crippen molar-refractivity contribution in [2.24, 2.45) is 0 Å². The van der Waals surface area contributed by atoms with Gasteiger partial charge in [0.15, 0.2) is 0 Å². The standard InChI is InChI=1S/C8H6N2.C2H2N2O/c1-3-7-8(9-5-1)4-2-6-10-7;1-2-5-4-3-1/h1-6H;1-2H. The van der Waals surface area contributed by atoms with Gasteiger partial charge in [0.2, 0.25) is 0 Å². The second-order valence-electron chi connectivity index (χ2n) is 2.63. The summed E-state index contributed by atoms with van der Waals surface area (Å²) in [7, 11) is 0. The van der Waals surface area contributed by atoms with Crippen molar-refractivity contribution in [2.45, 2.75) is 0 Å². The van der Waals surface area contributed by atoms with Crippen LogP contribution in [-0.4, -0.2) is 20.3 Å². The average Bonchev–Trinajstić information content (AvgIpc) is 2.88. The first-order valence-electron chi connectivity index (χ1n) is 4.33. The molecule has 3 rings (SSSR count). The molecule has 0 aliphatic rings. The Morgan fingerprint density at radius 3 is 1.93 bits per heavy atom. The molecule has 0 spiro atoms. The molecule has 3 aromatic rings. The van der Waals surface area contributed by atoms with Gasteiger partial charge in [0.1, 0.15) is 6.26 Å². The third-order valence-corrected chi connectivity index (χ3v) is 1.65. The largest absolute Gasteiger partial charge is 0.346 e. The fraction of sp³-hybridized carbons (Fsp3) is 0. The molecule has 3 heterocycles. The zero-order valence-corrected chi connectivity index (χ0v) is 7.82. The molecular formula is C10H8N4O. The van der Waals surface area contributed by atoms with Crippen LogP contribution >= 0.6 is 0 Å². The van der Waals surface area contributed by atoms with E-state index in [1.165, 1.54) is 12.5 Å². The molecular weight excluding hydrogens is 192 g/mol. The van der Waals surface area contributed by atoms with Crippen molar-refractivity contribution in [3.63, 3.8) is 0 Å². The van der Waals surface area contributed by atoms with E-state index < -0.39 is 0 Å². The Labute approximate surface area is 85.8 Å². The number of nitrogens with zero attached hydrogens (tertiary/aromatic N) is 4. The molecule has 0 N–H and O–H groups in total. The minimum atomic E-state index is 0.949. The lowest BCUT2D eigenvalue weighted by Gasteiger charge is -1.90. The Kier molecular flexibility index (Phi) is 2.97. The van der Waals surface area contributed by atoms with Crippen LogP contribution in [0.1, 0.15) is 0 Å². The summed E-state index contributed by atoms with van der Waals surface area (Å²) in [5.74, 6) is 0. The highest BCUT2D eigenvalue weighted by atomic mass is 16.5. The van der Waals surface area contributed by atoms with Crippen LogP contribution in [0.4, 0.5) is 0 Å². The Morgan fingerprint density at radius 2 is 1.53 bits per heavy atom. The zero-order chi connectivity index (χ0) is 10.3. The van der Waals surface area contributed by atoms with Crippen LogP contribution in [0.3, 0.4) is 0 Å². The summed E-state index contributed by atoms with van der Waals surface area (Å²) in [5.41, 5.74) is 1.90. The highest BCUT2D eigenvalue weighted by Crippen LogP contribution is 2.04. The van der Waals surface area contributed by atoms with E-state index in [1.807, 2.05) is 24.3 Å². The van der Waals surface area contributed by atoms with E-state index in [0.717, 1.165) is 11.0 Å². The normalized spacial score (nSPS) is 9.33. The summed E-state index contributed by atoms with van der Waals surface area (Å²) in [6.45, 7) is 0. The number of hydrogen-bond acceptors (Lipinski definition) is 5. The topological polar surface area (TPSA) is 64.7 Å². The molecule has 0 saturated carbocycles. The van der Waals surface area contributed by atoms with Gasteiger partial charge < -0.3 is 4.52 Å². The maximum Gasteiger partial charge on any atom is 0.144 e.